The summed E-state index contributed by atoms with van der Waals surface area (Å²) in [7, 11) is 0. The second kappa shape index (κ2) is 3.68. The Bertz CT molecular complexity index is 554. The molecule has 2 aromatic heterocycles. The fourth-order valence-electron chi connectivity index (χ4n) is 1.52. The molecular formula is C11H11NO3S. The number of rotatable bonds is 2. The Hall–Kier alpha value is -1.75. The molecule has 0 amide bonds. The van der Waals surface area contributed by atoms with E-state index >= 15 is 0 Å². The van der Waals surface area contributed by atoms with Crippen LogP contribution in [0.15, 0.2) is 16.7 Å². The van der Waals surface area contributed by atoms with Gasteiger partial charge in [0.2, 0.25) is 0 Å². The molecule has 0 bridgehead atoms. The number of hydrogen-bond donors (Lipinski definition) is 2. The molecule has 0 aliphatic rings. The van der Waals surface area contributed by atoms with Crippen LogP contribution in [0.25, 0.3) is 10.4 Å². The number of carboxylic acid groups (broad SMARTS) is 1. The number of aromatic carboxylic acids is 1. The van der Waals surface area contributed by atoms with Gasteiger partial charge in [0.1, 0.15) is 10.6 Å². The van der Waals surface area contributed by atoms with E-state index in [2.05, 4.69) is 0 Å². The van der Waals surface area contributed by atoms with Crippen molar-refractivity contribution in [2.45, 2.75) is 13.8 Å². The number of furan rings is 1. The van der Waals surface area contributed by atoms with Gasteiger partial charge in [-0.05, 0) is 25.5 Å². The summed E-state index contributed by atoms with van der Waals surface area (Å²) in [6.45, 7) is 3.66. The second-order valence-electron chi connectivity index (χ2n) is 3.55. The van der Waals surface area contributed by atoms with Gasteiger partial charge in [-0.25, -0.2) is 4.79 Å². The average molecular weight is 237 g/mol. The highest BCUT2D eigenvalue weighted by Gasteiger charge is 2.19. The monoisotopic (exact) mass is 237 g/mol. The average Bonchev–Trinajstić information content (AvgIpc) is 2.74. The first kappa shape index (κ1) is 10.8. The summed E-state index contributed by atoms with van der Waals surface area (Å²) in [6, 6.07) is 1.86. The summed E-state index contributed by atoms with van der Waals surface area (Å²) in [6.07, 6.45) is 1.61. The maximum absolute atomic E-state index is 10.9. The standard InChI is InChI=1S/C11H11NO3S/c1-5-3-7(4-15-5)9-6(2)8(12)10(16-9)11(13)14/h3-4H,12H2,1-2H3,(H,13,14). The summed E-state index contributed by atoms with van der Waals surface area (Å²) in [4.78, 5) is 12.0. The number of anilines is 1. The van der Waals surface area contributed by atoms with E-state index in [0.29, 0.717) is 5.69 Å². The van der Waals surface area contributed by atoms with Crippen LogP contribution < -0.4 is 5.73 Å². The summed E-state index contributed by atoms with van der Waals surface area (Å²) in [5.74, 6) is -0.199. The molecule has 2 rings (SSSR count). The molecule has 0 unspecified atom stereocenters. The van der Waals surface area contributed by atoms with Crippen molar-refractivity contribution in [3.8, 4) is 10.4 Å². The molecule has 2 aromatic rings. The van der Waals surface area contributed by atoms with Gasteiger partial charge in [-0.1, -0.05) is 0 Å². The molecule has 4 nitrogen and oxygen atoms in total. The smallest absolute Gasteiger partial charge is 0.348 e. The molecule has 0 radical (unpaired) electrons. The maximum atomic E-state index is 10.9. The topological polar surface area (TPSA) is 76.5 Å². The molecular weight excluding hydrogens is 226 g/mol. The SMILES string of the molecule is Cc1cc(-c2sc(C(=O)O)c(N)c2C)co1. The number of carbonyl (C=O) groups is 1. The molecule has 0 aromatic carbocycles. The minimum atomic E-state index is -0.989. The minimum Gasteiger partial charge on any atom is -0.477 e. The van der Waals surface area contributed by atoms with E-state index < -0.39 is 5.97 Å². The van der Waals surface area contributed by atoms with Gasteiger partial charge in [-0.3, -0.25) is 0 Å². The molecule has 16 heavy (non-hydrogen) atoms. The Morgan fingerprint density at radius 2 is 2.19 bits per heavy atom. The van der Waals surface area contributed by atoms with Crippen LogP contribution in [0, 0.1) is 13.8 Å². The molecule has 3 N–H and O–H groups in total. The predicted octanol–water partition coefficient (Wildman–Crippen LogP) is 2.91. The van der Waals surface area contributed by atoms with E-state index in [1.807, 2.05) is 19.9 Å². The van der Waals surface area contributed by atoms with Crippen LogP contribution in [0.2, 0.25) is 0 Å². The molecule has 5 heteroatoms. The Balaban J connectivity index is 2.58. The lowest BCUT2D eigenvalue weighted by molar-refractivity contribution is 0.0703. The Morgan fingerprint density at radius 1 is 1.50 bits per heavy atom. The largest absolute Gasteiger partial charge is 0.477 e. The van der Waals surface area contributed by atoms with Gasteiger partial charge in [-0.15, -0.1) is 11.3 Å². The summed E-state index contributed by atoms with van der Waals surface area (Å²) in [5.41, 5.74) is 7.76. The van der Waals surface area contributed by atoms with Gasteiger partial charge < -0.3 is 15.3 Å². The van der Waals surface area contributed by atoms with Crippen LogP contribution in [-0.4, -0.2) is 11.1 Å². The molecule has 0 atom stereocenters. The van der Waals surface area contributed by atoms with E-state index in [1.54, 1.807) is 6.26 Å². The van der Waals surface area contributed by atoms with E-state index in [0.717, 1.165) is 21.8 Å². The minimum absolute atomic E-state index is 0.186. The van der Waals surface area contributed by atoms with Gasteiger partial charge in [0.05, 0.1) is 12.0 Å². The molecule has 0 fully saturated rings. The third-order valence-electron chi connectivity index (χ3n) is 2.38. The summed E-state index contributed by atoms with van der Waals surface area (Å²) >= 11 is 1.18. The molecule has 0 spiro atoms. The first-order valence-electron chi connectivity index (χ1n) is 4.68. The van der Waals surface area contributed by atoms with Crippen LogP contribution in [-0.2, 0) is 0 Å². The third kappa shape index (κ3) is 1.59. The predicted molar refractivity (Wildman–Crippen MR) is 62.9 cm³/mol. The van der Waals surface area contributed by atoms with Gasteiger partial charge in [0.25, 0.3) is 0 Å². The van der Waals surface area contributed by atoms with Gasteiger partial charge in [-0.2, -0.15) is 0 Å². The highest BCUT2D eigenvalue weighted by atomic mass is 32.1. The van der Waals surface area contributed by atoms with Gasteiger partial charge in [0, 0.05) is 10.4 Å². The van der Waals surface area contributed by atoms with E-state index in [1.165, 1.54) is 11.3 Å². The van der Waals surface area contributed by atoms with E-state index in [-0.39, 0.29) is 4.88 Å². The van der Waals surface area contributed by atoms with Gasteiger partial charge >= 0.3 is 5.97 Å². The number of nitrogen functional groups attached to an aromatic ring is 1. The van der Waals surface area contributed by atoms with Crippen molar-refractivity contribution in [2.24, 2.45) is 0 Å². The highest BCUT2D eigenvalue weighted by Crippen LogP contribution is 2.38. The van der Waals surface area contributed by atoms with Crippen LogP contribution in [0.5, 0.6) is 0 Å². The maximum Gasteiger partial charge on any atom is 0.348 e. The number of carboxylic acids is 1. The van der Waals surface area contributed by atoms with E-state index in [9.17, 15) is 4.79 Å². The third-order valence-corrected chi connectivity index (χ3v) is 3.73. The fraction of sp³-hybridized carbons (Fsp3) is 0.182. The zero-order valence-corrected chi connectivity index (χ0v) is 9.72. The van der Waals surface area contributed by atoms with Crippen molar-refractivity contribution < 1.29 is 14.3 Å². The van der Waals surface area contributed by atoms with Crippen molar-refractivity contribution in [3.05, 3.63) is 28.5 Å². The van der Waals surface area contributed by atoms with Crippen LogP contribution in [0.4, 0.5) is 5.69 Å². The van der Waals surface area contributed by atoms with Crippen molar-refractivity contribution in [1.29, 1.82) is 0 Å². The zero-order valence-electron chi connectivity index (χ0n) is 8.90. The zero-order chi connectivity index (χ0) is 11.9. The number of aryl methyl sites for hydroxylation is 1. The van der Waals surface area contributed by atoms with Gasteiger partial charge in [0.15, 0.2) is 0 Å². The Morgan fingerprint density at radius 3 is 2.62 bits per heavy atom. The van der Waals surface area contributed by atoms with Crippen LogP contribution >= 0.6 is 11.3 Å². The Labute approximate surface area is 96.3 Å². The summed E-state index contributed by atoms with van der Waals surface area (Å²) < 4.78 is 5.20. The normalized spacial score (nSPS) is 10.6. The first-order valence-corrected chi connectivity index (χ1v) is 5.50. The molecule has 0 aliphatic carbocycles. The lowest BCUT2D eigenvalue weighted by atomic mass is 10.1. The van der Waals surface area contributed by atoms with Crippen molar-refractivity contribution in [3.63, 3.8) is 0 Å². The number of thiophene rings is 1. The molecule has 0 saturated carbocycles. The molecule has 84 valence electrons. The van der Waals surface area contributed by atoms with E-state index in [4.69, 9.17) is 15.3 Å². The van der Waals surface area contributed by atoms with Crippen molar-refractivity contribution >= 4 is 23.0 Å². The fourth-order valence-corrected chi connectivity index (χ4v) is 2.57. The lowest BCUT2D eigenvalue weighted by Gasteiger charge is -1.94. The van der Waals surface area contributed by atoms with Crippen LogP contribution in [0.1, 0.15) is 21.0 Å². The highest BCUT2D eigenvalue weighted by molar-refractivity contribution is 7.18. The molecule has 0 aliphatic heterocycles. The molecule has 2 heterocycles. The second-order valence-corrected chi connectivity index (χ2v) is 4.57. The summed E-state index contributed by atoms with van der Waals surface area (Å²) in [5, 5.41) is 8.96. The Kier molecular flexibility index (Phi) is 2.47. The van der Waals surface area contributed by atoms with Crippen LogP contribution in [0.3, 0.4) is 0 Å². The van der Waals surface area contributed by atoms with Crippen molar-refractivity contribution in [1.82, 2.24) is 0 Å². The molecule has 0 saturated heterocycles. The number of nitrogens with two attached hydrogens (primary N) is 1. The first-order chi connectivity index (χ1) is 7.50. The number of hydrogen-bond acceptors (Lipinski definition) is 4. The quantitative estimate of drug-likeness (QED) is 0.841. The lowest BCUT2D eigenvalue weighted by Crippen LogP contribution is -1.97. The van der Waals surface area contributed by atoms with Crippen molar-refractivity contribution in [2.75, 3.05) is 5.73 Å².